The average Bonchev–Trinajstić information content (AvgIpc) is 3.16. The molecule has 32 heavy (non-hydrogen) atoms. The Morgan fingerprint density at radius 3 is 2.31 bits per heavy atom. The summed E-state index contributed by atoms with van der Waals surface area (Å²) in [6.07, 6.45) is 0. The molecule has 4 aromatic rings. The van der Waals surface area contributed by atoms with E-state index in [1.807, 2.05) is 32.0 Å². The van der Waals surface area contributed by atoms with Gasteiger partial charge in [-0.25, -0.2) is 4.98 Å². The van der Waals surface area contributed by atoms with Gasteiger partial charge in [-0.15, -0.1) is 0 Å². The van der Waals surface area contributed by atoms with Crippen LogP contribution in [-0.4, -0.2) is 25.1 Å². The standard InChI is InChI=1S/C24H20Cl2N2O4/c1-12-7-18-21(8-13(12)2)32-24(28-18)14-5-6-20(30-3)19(11-14)27-23(29)15-9-16(25)22(31-4)17(26)10-15/h5-11H,1-4H3,(H,27,29). The number of fused-ring (bicyclic) bond motifs is 1. The summed E-state index contributed by atoms with van der Waals surface area (Å²) in [7, 11) is 2.98. The van der Waals surface area contributed by atoms with E-state index in [1.54, 1.807) is 12.1 Å². The van der Waals surface area contributed by atoms with Crippen molar-refractivity contribution in [2.24, 2.45) is 0 Å². The van der Waals surface area contributed by atoms with Crippen LogP contribution in [0.4, 0.5) is 5.69 Å². The van der Waals surface area contributed by atoms with Gasteiger partial charge in [-0.1, -0.05) is 23.2 Å². The summed E-state index contributed by atoms with van der Waals surface area (Å²) in [5.41, 5.74) is 5.16. The van der Waals surface area contributed by atoms with Crippen LogP contribution < -0.4 is 14.8 Å². The highest BCUT2D eigenvalue weighted by atomic mass is 35.5. The predicted molar refractivity (Wildman–Crippen MR) is 126 cm³/mol. The minimum absolute atomic E-state index is 0.239. The molecule has 0 radical (unpaired) electrons. The summed E-state index contributed by atoms with van der Waals surface area (Å²) in [5, 5.41) is 3.32. The number of aromatic nitrogens is 1. The van der Waals surface area contributed by atoms with Crippen LogP contribution in [0.3, 0.4) is 0 Å². The maximum Gasteiger partial charge on any atom is 0.255 e. The predicted octanol–water partition coefficient (Wildman–Crippen LogP) is 6.69. The van der Waals surface area contributed by atoms with Crippen molar-refractivity contribution >= 4 is 45.9 Å². The average molecular weight is 471 g/mol. The molecular weight excluding hydrogens is 451 g/mol. The Bertz CT molecular complexity index is 1290. The van der Waals surface area contributed by atoms with Crippen LogP contribution in [0.25, 0.3) is 22.6 Å². The number of anilines is 1. The molecule has 0 aliphatic rings. The van der Waals surface area contributed by atoms with E-state index in [2.05, 4.69) is 10.3 Å². The van der Waals surface area contributed by atoms with Gasteiger partial charge in [0.2, 0.25) is 5.89 Å². The van der Waals surface area contributed by atoms with Crippen LogP contribution in [0, 0.1) is 13.8 Å². The van der Waals surface area contributed by atoms with E-state index >= 15 is 0 Å². The molecule has 0 atom stereocenters. The lowest BCUT2D eigenvalue weighted by Gasteiger charge is -2.12. The molecule has 0 bridgehead atoms. The second kappa shape index (κ2) is 8.73. The van der Waals surface area contributed by atoms with Gasteiger partial charge in [-0.3, -0.25) is 4.79 Å². The van der Waals surface area contributed by atoms with Crippen molar-refractivity contribution in [3.8, 4) is 23.0 Å². The van der Waals surface area contributed by atoms with Gasteiger partial charge in [0.05, 0.1) is 30.0 Å². The molecule has 0 spiro atoms. The summed E-state index contributed by atoms with van der Waals surface area (Å²) in [6.45, 7) is 4.05. The van der Waals surface area contributed by atoms with Crippen molar-refractivity contribution in [1.29, 1.82) is 0 Å². The molecule has 8 heteroatoms. The van der Waals surface area contributed by atoms with Crippen LogP contribution in [0.5, 0.6) is 11.5 Å². The van der Waals surface area contributed by atoms with Gasteiger partial charge < -0.3 is 19.2 Å². The second-order valence-electron chi connectivity index (χ2n) is 7.27. The van der Waals surface area contributed by atoms with E-state index in [1.165, 1.54) is 26.4 Å². The Morgan fingerprint density at radius 2 is 1.66 bits per heavy atom. The van der Waals surface area contributed by atoms with Gasteiger partial charge in [0, 0.05) is 11.1 Å². The molecule has 0 unspecified atom stereocenters. The monoisotopic (exact) mass is 470 g/mol. The number of methoxy groups -OCH3 is 2. The molecule has 0 saturated heterocycles. The smallest absolute Gasteiger partial charge is 0.255 e. The SMILES string of the molecule is COc1ccc(-c2nc3cc(C)c(C)cc3o2)cc1NC(=O)c1cc(Cl)c(OC)c(Cl)c1. The fourth-order valence-corrected chi connectivity index (χ4v) is 3.96. The molecule has 3 aromatic carbocycles. The number of rotatable bonds is 5. The first-order valence-corrected chi connectivity index (χ1v) is 10.5. The maximum absolute atomic E-state index is 12.9. The fraction of sp³-hybridized carbons (Fsp3) is 0.167. The van der Waals surface area contributed by atoms with Crippen LogP contribution >= 0.6 is 23.2 Å². The van der Waals surface area contributed by atoms with Gasteiger partial charge in [-0.2, -0.15) is 0 Å². The molecule has 164 valence electrons. The third-order valence-electron chi connectivity index (χ3n) is 5.16. The summed E-state index contributed by atoms with van der Waals surface area (Å²) in [4.78, 5) is 17.5. The highest BCUT2D eigenvalue weighted by molar-refractivity contribution is 6.37. The highest BCUT2D eigenvalue weighted by Gasteiger charge is 2.17. The summed E-state index contributed by atoms with van der Waals surface area (Å²) < 4.78 is 16.5. The Labute approximate surface area is 195 Å². The van der Waals surface area contributed by atoms with E-state index in [0.29, 0.717) is 34.2 Å². The number of benzene rings is 3. The number of hydrogen-bond acceptors (Lipinski definition) is 5. The van der Waals surface area contributed by atoms with E-state index in [-0.39, 0.29) is 15.6 Å². The van der Waals surface area contributed by atoms with Gasteiger partial charge >= 0.3 is 0 Å². The fourth-order valence-electron chi connectivity index (χ4n) is 3.32. The molecule has 0 saturated carbocycles. The Hall–Kier alpha value is -3.22. The molecule has 1 N–H and O–H groups in total. The number of oxazole rings is 1. The number of carbonyl (C=O) groups excluding carboxylic acids is 1. The van der Waals surface area contributed by atoms with Gasteiger partial charge in [0.15, 0.2) is 11.3 Å². The quantitative estimate of drug-likeness (QED) is 0.351. The van der Waals surface area contributed by atoms with Crippen LogP contribution in [-0.2, 0) is 0 Å². The largest absolute Gasteiger partial charge is 0.495 e. The van der Waals surface area contributed by atoms with Gasteiger partial charge in [-0.05, 0) is 67.4 Å². The lowest BCUT2D eigenvalue weighted by molar-refractivity contribution is 0.102. The number of nitrogens with zero attached hydrogens (tertiary/aromatic N) is 1. The lowest BCUT2D eigenvalue weighted by Crippen LogP contribution is -2.13. The first-order valence-electron chi connectivity index (χ1n) is 9.71. The normalized spacial score (nSPS) is 10.9. The number of nitrogens with one attached hydrogen (secondary N) is 1. The molecule has 6 nitrogen and oxygen atoms in total. The molecule has 4 rings (SSSR count). The zero-order chi connectivity index (χ0) is 23.0. The summed E-state index contributed by atoms with van der Waals surface area (Å²) in [6, 6.07) is 12.2. The summed E-state index contributed by atoms with van der Waals surface area (Å²) in [5.74, 6) is 0.830. The number of ether oxygens (including phenoxy) is 2. The topological polar surface area (TPSA) is 73.6 Å². The molecule has 1 aromatic heterocycles. The number of hydrogen-bond donors (Lipinski definition) is 1. The highest BCUT2D eigenvalue weighted by Crippen LogP contribution is 2.35. The van der Waals surface area contributed by atoms with Crippen molar-refractivity contribution in [3.63, 3.8) is 0 Å². The van der Waals surface area contributed by atoms with E-state index in [0.717, 1.165) is 16.6 Å². The third kappa shape index (κ3) is 4.11. The zero-order valence-electron chi connectivity index (χ0n) is 17.9. The summed E-state index contributed by atoms with van der Waals surface area (Å²) >= 11 is 12.3. The molecule has 0 fully saturated rings. The Morgan fingerprint density at radius 1 is 0.969 bits per heavy atom. The third-order valence-corrected chi connectivity index (χ3v) is 5.72. The van der Waals surface area contributed by atoms with Crippen molar-refractivity contribution in [2.45, 2.75) is 13.8 Å². The van der Waals surface area contributed by atoms with Crippen molar-refractivity contribution in [3.05, 3.63) is 69.2 Å². The number of halogens is 2. The first kappa shape index (κ1) is 22.0. The van der Waals surface area contributed by atoms with Gasteiger partial charge in [0.1, 0.15) is 11.3 Å². The van der Waals surface area contributed by atoms with E-state index in [4.69, 9.17) is 37.1 Å². The van der Waals surface area contributed by atoms with Crippen LogP contribution in [0.2, 0.25) is 10.0 Å². The number of amides is 1. The molecule has 0 aliphatic carbocycles. The van der Waals surface area contributed by atoms with Crippen LogP contribution in [0.1, 0.15) is 21.5 Å². The molecule has 1 heterocycles. The van der Waals surface area contributed by atoms with Crippen molar-refractivity contribution in [2.75, 3.05) is 19.5 Å². The number of aryl methyl sites for hydroxylation is 2. The molecule has 0 aliphatic heterocycles. The Kier molecular flexibility index (Phi) is 6.00. The first-order chi connectivity index (χ1) is 15.3. The molecular formula is C24H20Cl2N2O4. The second-order valence-corrected chi connectivity index (χ2v) is 8.08. The number of carbonyl (C=O) groups is 1. The van der Waals surface area contributed by atoms with E-state index in [9.17, 15) is 4.79 Å². The van der Waals surface area contributed by atoms with Gasteiger partial charge in [0.25, 0.3) is 5.91 Å². The minimum atomic E-state index is -0.407. The minimum Gasteiger partial charge on any atom is -0.495 e. The zero-order valence-corrected chi connectivity index (χ0v) is 19.4. The maximum atomic E-state index is 12.9. The van der Waals surface area contributed by atoms with Crippen molar-refractivity contribution in [1.82, 2.24) is 4.98 Å². The lowest BCUT2D eigenvalue weighted by atomic mass is 10.1. The Balaban J connectivity index is 1.69. The van der Waals surface area contributed by atoms with Crippen LogP contribution in [0.15, 0.2) is 46.9 Å². The van der Waals surface area contributed by atoms with Crippen molar-refractivity contribution < 1.29 is 18.7 Å². The molecule has 1 amide bonds. The van der Waals surface area contributed by atoms with E-state index < -0.39 is 5.91 Å².